The predicted molar refractivity (Wildman–Crippen MR) is 69.1 cm³/mol. The molecule has 1 aromatic heterocycles. The number of benzene rings is 1. The number of rotatable bonds is 2. The molecule has 0 aliphatic rings. The van der Waals surface area contributed by atoms with Crippen LogP contribution in [0.1, 0.15) is 10.4 Å². The number of hydrogen-bond acceptors (Lipinski definition) is 3. The largest absolute Gasteiger partial charge is 0.319 e. The molecule has 0 radical (unpaired) electrons. The number of carbonyl (C=O) groups is 1. The molecule has 1 N–H and O–H groups in total. The SMILES string of the molecule is O=C(Nc1cncnc1)c1ccc(Br)cc1Cl. The van der Waals surface area contributed by atoms with E-state index in [4.69, 9.17) is 11.6 Å². The van der Waals surface area contributed by atoms with E-state index in [2.05, 4.69) is 31.2 Å². The Labute approximate surface area is 111 Å². The third kappa shape index (κ3) is 3.01. The van der Waals surface area contributed by atoms with E-state index in [1.54, 1.807) is 18.2 Å². The maximum atomic E-state index is 11.9. The highest BCUT2D eigenvalue weighted by Gasteiger charge is 2.10. The first-order valence-electron chi connectivity index (χ1n) is 4.68. The van der Waals surface area contributed by atoms with Crippen molar-refractivity contribution in [2.75, 3.05) is 5.32 Å². The Morgan fingerprint density at radius 3 is 2.65 bits per heavy atom. The van der Waals surface area contributed by atoms with Gasteiger partial charge in [0.2, 0.25) is 0 Å². The quantitative estimate of drug-likeness (QED) is 0.927. The molecule has 4 nitrogen and oxygen atoms in total. The molecule has 0 atom stereocenters. The Bertz CT molecular complexity index is 548. The molecule has 1 aromatic carbocycles. The minimum atomic E-state index is -0.294. The second kappa shape index (κ2) is 5.25. The summed E-state index contributed by atoms with van der Waals surface area (Å²) in [6.07, 6.45) is 4.41. The summed E-state index contributed by atoms with van der Waals surface area (Å²) in [6, 6.07) is 5.06. The molecule has 0 saturated carbocycles. The molecular weight excluding hydrogens is 305 g/mol. The van der Waals surface area contributed by atoms with Crippen molar-refractivity contribution in [3.05, 3.63) is 52.0 Å². The Hall–Kier alpha value is -1.46. The van der Waals surface area contributed by atoms with Crippen molar-refractivity contribution in [3.63, 3.8) is 0 Å². The van der Waals surface area contributed by atoms with Gasteiger partial charge in [-0.25, -0.2) is 9.97 Å². The fraction of sp³-hybridized carbons (Fsp3) is 0. The molecular formula is C11H7BrClN3O. The highest BCUT2D eigenvalue weighted by atomic mass is 79.9. The van der Waals surface area contributed by atoms with Crippen molar-refractivity contribution >= 4 is 39.1 Å². The number of hydrogen-bond donors (Lipinski definition) is 1. The number of anilines is 1. The Morgan fingerprint density at radius 2 is 2.00 bits per heavy atom. The van der Waals surface area contributed by atoms with Gasteiger partial charge >= 0.3 is 0 Å². The summed E-state index contributed by atoms with van der Waals surface area (Å²) in [6.45, 7) is 0. The standard InChI is InChI=1S/C11H7BrClN3O/c12-7-1-2-9(10(13)3-7)11(17)16-8-4-14-6-15-5-8/h1-6H,(H,16,17). The van der Waals surface area contributed by atoms with Crippen molar-refractivity contribution < 1.29 is 4.79 Å². The summed E-state index contributed by atoms with van der Waals surface area (Å²) in [4.78, 5) is 19.5. The number of amides is 1. The summed E-state index contributed by atoms with van der Waals surface area (Å²) in [5.41, 5.74) is 0.926. The molecule has 0 fully saturated rings. The van der Waals surface area contributed by atoms with Crippen molar-refractivity contribution in [2.45, 2.75) is 0 Å². The van der Waals surface area contributed by atoms with E-state index in [-0.39, 0.29) is 5.91 Å². The van der Waals surface area contributed by atoms with Gasteiger partial charge in [-0.05, 0) is 18.2 Å². The van der Waals surface area contributed by atoms with Crippen LogP contribution >= 0.6 is 27.5 Å². The molecule has 17 heavy (non-hydrogen) atoms. The Kier molecular flexibility index (Phi) is 3.71. The van der Waals surface area contributed by atoms with Crippen LogP contribution in [-0.4, -0.2) is 15.9 Å². The van der Waals surface area contributed by atoms with Crippen LogP contribution in [-0.2, 0) is 0 Å². The lowest BCUT2D eigenvalue weighted by Gasteiger charge is -2.06. The van der Waals surface area contributed by atoms with Crippen molar-refractivity contribution in [1.82, 2.24) is 9.97 Å². The van der Waals surface area contributed by atoms with E-state index in [1.165, 1.54) is 18.7 Å². The highest BCUT2D eigenvalue weighted by Crippen LogP contribution is 2.22. The van der Waals surface area contributed by atoms with Gasteiger partial charge in [0.15, 0.2) is 0 Å². The van der Waals surface area contributed by atoms with Crippen LogP contribution in [0.15, 0.2) is 41.4 Å². The number of halogens is 2. The van der Waals surface area contributed by atoms with E-state index < -0.39 is 0 Å². The smallest absolute Gasteiger partial charge is 0.257 e. The second-order valence-corrected chi connectivity index (χ2v) is 4.53. The summed E-state index contributed by atoms with van der Waals surface area (Å²) in [5, 5.41) is 3.04. The molecule has 2 rings (SSSR count). The third-order valence-electron chi connectivity index (χ3n) is 1.99. The molecule has 86 valence electrons. The van der Waals surface area contributed by atoms with Crippen molar-refractivity contribution in [1.29, 1.82) is 0 Å². The Morgan fingerprint density at radius 1 is 1.29 bits per heavy atom. The normalized spacial score (nSPS) is 10.0. The monoisotopic (exact) mass is 311 g/mol. The summed E-state index contributed by atoms with van der Waals surface area (Å²) in [5.74, 6) is -0.294. The van der Waals surface area contributed by atoms with Gasteiger partial charge in [0, 0.05) is 4.47 Å². The fourth-order valence-electron chi connectivity index (χ4n) is 1.24. The molecule has 6 heteroatoms. The molecule has 0 spiro atoms. The van der Waals surface area contributed by atoms with Gasteiger partial charge in [-0.1, -0.05) is 27.5 Å². The van der Waals surface area contributed by atoms with Gasteiger partial charge in [-0.15, -0.1) is 0 Å². The van der Waals surface area contributed by atoms with Gasteiger partial charge in [0.25, 0.3) is 5.91 Å². The maximum absolute atomic E-state index is 11.9. The molecule has 0 bridgehead atoms. The number of carbonyl (C=O) groups excluding carboxylic acids is 1. The first kappa shape index (κ1) is 12.0. The fourth-order valence-corrected chi connectivity index (χ4v) is 1.99. The zero-order valence-electron chi connectivity index (χ0n) is 8.52. The molecule has 2 aromatic rings. The number of nitrogens with zero attached hydrogens (tertiary/aromatic N) is 2. The molecule has 0 saturated heterocycles. The van der Waals surface area contributed by atoms with Crippen LogP contribution in [0.25, 0.3) is 0 Å². The van der Waals surface area contributed by atoms with Crippen LogP contribution in [0.3, 0.4) is 0 Å². The van der Waals surface area contributed by atoms with E-state index in [9.17, 15) is 4.79 Å². The maximum Gasteiger partial charge on any atom is 0.257 e. The van der Waals surface area contributed by atoms with Crippen molar-refractivity contribution in [3.8, 4) is 0 Å². The van der Waals surface area contributed by atoms with Crippen LogP contribution in [0.4, 0.5) is 5.69 Å². The average Bonchev–Trinajstić information content (AvgIpc) is 2.30. The summed E-state index contributed by atoms with van der Waals surface area (Å²) < 4.78 is 0.821. The lowest BCUT2D eigenvalue weighted by molar-refractivity contribution is 0.102. The van der Waals surface area contributed by atoms with Gasteiger partial charge in [0.1, 0.15) is 6.33 Å². The van der Waals surface area contributed by atoms with Crippen molar-refractivity contribution in [2.24, 2.45) is 0 Å². The van der Waals surface area contributed by atoms with Crippen LogP contribution in [0.5, 0.6) is 0 Å². The predicted octanol–water partition coefficient (Wildman–Crippen LogP) is 3.14. The first-order valence-corrected chi connectivity index (χ1v) is 5.85. The minimum Gasteiger partial charge on any atom is -0.319 e. The molecule has 1 amide bonds. The van der Waals surface area contributed by atoms with E-state index in [1.807, 2.05) is 0 Å². The van der Waals surface area contributed by atoms with Gasteiger partial charge in [0.05, 0.1) is 28.7 Å². The second-order valence-electron chi connectivity index (χ2n) is 3.21. The highest BCUT2D eigenvalue weighted by molar-refractivity contribution is 9.10. The average molecular weight is 313 g/mol. The minimum absolute atomic E-state index is 0.294. The molecule has 0 aliphatic carbocycles. The van der Waals surface area contributed by atoms with Crippen LogP contribution in [0, 0.1) is 0 Å². The number of nitrogens with one attached hydrogen (secondary N) is 1. The molecule has 0 aliphatic heterocycles. The van der Waals surface area contributed by atoms with Crippen LogP contribution in [0.2, 0.25) is 5.02 Å². The van der Waals surface area contributed by atoms with E-state index in [0.717, 1.165) is 4.47 Å². The van der Waals surface area contributed by atoms with E-state index >= 15 is 0 Å². The van der Waals surface area contributed by atoms with Crippen LogP contribution < -0.4 is 5.32 Å². The lowest BCUT2D eigenvalue weighted by Crippen LogP contribution is -2.12. The molecule has 0 unspecified atom stereocenters. The lowest BCUT2D eigenvalue weighted by atomic mass is 10.2. The van der Waals surface area contributed by atoms with Gasteiger partial charge in [-0.2, -0.15) is 0 Å². The topological polar surface area (TPSA) is 54.9 Å². The summed E-state index contributed by atoms with van der Waals surface area (Å²) >= 11 is 9.24. The molecule has 1 heterocycles. The third-order valence-corrected chi connectivity index (χ3v) is 2.80. The summed E-state index contributed by atoms with van der Waals surface area (Å²) in [7, 11) is 0. The zero-order valence-corrected chi connectivity index (χ0v) is 10.9. The van der Waals surface area contributed by atoms with Gasteiger partial charge in [-0.3, -0.25) is 4.79 Å². The first-order chi connectivity index (χ1) is 8.16. The zero-order chi connectivity index (χ0) is 12.3. The van der Waals surface area contributed by atoms with Gasteiger partial charge < -0.3 is 5.32 Å². The Balaban J connectivity index is 2.21. The van der Waals surface area contributed by atoms with E-state index in [0.29, 0.717) is 16.3 Å². The number of aromatic nitrogens is 2.